The third-order valence-corrected chi connectivity index (χ3v) is 15.8. The summed E-state index contributed by atoms with van der Waals surface area (Å²) in [6.45, 7) is 11.0. The third-order valence-electron chi connectivity index (χ3n) is 12.5. The van der Waals surface area contributed by atoms with Crippen LogP contribution < -0.4 is 24.3 Å². The number of sulfonamides is 1. The summed E-state index contributed by atoms with van der Waals surface area (Å²) in [5.74, 6) is 0.272. The Labute approximate surface area is 393 Å². The van der Waals surface area contributed by atoms with Gasteiger partial charge in [0.15, 0.2) is 0 Å². The largest absolute Gasteiger partial charge is 0.368 e. The molecule has 8 rings (SSSR count). The Morgan fingerprint density at radius 2 is 0.938 bits per heavy atom. The van der Waals surface area contributed by atoms with Crippen molar-refractivity contribution in [1.82, 2.24) is 14.5 Å². The molecule has 0 bridgehead atoms. The molecule has 2 atom stereocenters. The molecule has 0 aromatic heterocycles. The minimum Gasteiger partial charge on any atom is -0.368 e. The predicted molar refractivity (Wildman–Crippen MR) is 260 cm³/mol. The first-order valence-electron chi connectivity index (χ1n) is 21.3. The van der Waals surface area contributed by atoms with Crippen LogP contribution in [0.25, 0.3) is 0 Å². The zero-order chi connectivity index (χ0) is 45.1. The Morgan fingerprint density at radius 1 is 0.562 bits per heavy atom. The quantitative estimate of drug-likeness (QED) is 0.173. The van der Waals surface area contributed by atoms with Crippen molar-refractivity contribution >= 4 is 87.5 Å². The molecule has 0 saturated carbocycles. The van der Waals surface area contributed by atoms with Gasteiger partial charge in [0.2, 0.25) is 21.8 Å². The van der Waals surface area contributed by atoms with Gasteiger partial charge in [0.25, 0.3) is 9.05 Å². The normalized spacial score (nSPS) is 17.6. The van der Waals surface area contributed by atoms with E-state index in [2.05, 4.69) is 24.3 Å². The van der Waals surface area contributed by atoms with Crippen LogP contribution in [-0.4, -0.2) is 123 Å². The van der Waals surface area contributed by atoms with Gasteiger partial charge in [0.05, 0.1) is 9.79 Å². The Hall–Kier alpha value is -4.25. The lowest BCUT2D eigenvalue weighted by atomic mass is 10.00. The molecule has 4 aromatic carbocycles. The molecule has 4 heterocycles. The highest BCUT2D eigenvalue weighted by Crippen LogP contribution is 2.33. The van der Waals surface area contributed by atoms with E-state index in [0.717, 1.165) is 71.6 Å². The lowest BCUT2D eigenvalue weighted by Crippen LogP contribution is -2.55. The molecule has 2 fully saturated rings. The van der Waals surface area contributed by atoms with Crippen molar-refractivity contribution in [2.75, 3.05) is 92.1 Å². The number of carbonyl (C=O) groups excluding carboxylic acids is 2. The summed E-state index contributed by atoms with van der Waals surface area (Å²) >= 11 is 12.3. The van der Waals surface area contributed by atoms with Gasteiger partial charge in [-0.3, -0.25) is 9.59 Å². The van der Waals surface area contributed by atoms with Gasteiger partial charge in [0.1, 0.15) is 12.1 Å². The summed E-state index contributed by atoms with van der Waals surface area (Å²) in [5.41, 5.74) is 6.50. The van der Waals surface area contributed by atoms with Gasteiger partial charge >= 0.3 is 0 Å². The second-order valence-electron chi connectivity index (χ2n) is 16.2. The molecule has 0 spiro atoms. The first-order chi connectivity index (χ1) is 30.0. The minimum absolute atomic E-state index is 0. The number of halogens is 3. The molecule has 2 amide bonds. The number of nitrogens with one attached hydrogen (secondary N) is 1. The zero-order valence-electron chi connectivity index (χ0n) is 35.7. The second kappa shape index (κ2) is 20.9. The van der Waals surface area contributed by atoms with Gasteiger partial charge in [-0.25, -0.2) is 21.6 Å². The molecule has 2 saturated heterocycles. The summed E-state index contributed by atoms with van der Waals surface area (Å²) in [7, 11) is -0.380. The molecule has 0 aliphatic carbocycles. The number of amides is 2. The number of fused-ring (bicyclic) bond motifs is 2. The molecule has 18 heteroatoms. The molecule has 4 aromatic rings. The van der Waals surface area contributed by atoms with E-state index in [0.29, 0.717) is 52.4 Å². The van der Waals surface area contributed by atoms with Gasteiger partial charge < -0.3 is 29.4 Å². The highest BCUT2D eigenvalue weighted by Gasteiger charge is 2.33. The van der Waals surface area contributed by atoms with Crippen LogP contribution in [0.15, 0.2) is 94.7 Å². The summed E-state index contributed by atoms with van der Waals surface area (Å²) in [6.07, 6.45) is 3.99. The Bertz CT molecular complexity index is 2500. The van der Waals surface area contributed by atoms with Crippen molar-refractivity contribution in [2.45, 2.75) is 68.8 Å². The van der Waals surface area contributed by atoms with E-state index in [4.69, 9.17) is 33.9 Å². The Morgan fingerprint density at radius 3 is 1.30 bits per heavy atom. The second-order valence-corrected chi connectivity index (χ2v) is 21.6. The van der Waals surface area contributed by atoms with E-state index in [1.807, 2.05) is 72.2 Å². The van der Waals surface area contributed by atoms with E-state index in [-0.39, 0.29) is 41.1 Å². The molecule has 0 radical (unpaired) electrons. The van der Waals surface area contributed by atoms with E-state index in [1.165, 1.54) is 30.3 Å². The monoisotopic (exact) mass is 973 g/mol. The van der Waals surface area contributed by atoms with E-state index < -0.39 is 19.1 Å². The number of piperazine rings is 2. The first-order valence-corrected chi connectivity index (χ1v) is 25.8. The maximum Gasteiger partial charge on any atom is 0.261 e. The zero-order valence-corrected chi connectivity index (χ0v) is 39.6. The van der Waals surface area contributed by atoms with Crippen molar-refractivity contribution in [3.8, 4) is 0 Å². The van der Waals surface area contributed by atoms with Crippen molar-refractivity contribution in [3.05, 3.63) is 106 Å². The van der Waals surface area contributed by atoms with Crippen molar-refractivity contribution in [3.63, 3.8) is 0 Å². The molecule has 0 unspecified atom stereocenters. The van der Waals surface area contributed by atoms with Crippen LogP contribution in [0.3, 0.4) is 0 Å². The Kier molecular flexibility index (Phi) is 16.1. The average Bonchev–Trinajstić information content (AvgIpc) is 3.30. The molecule has 346 valence electrons. The van der Waals surface area contributed by atoms with Crippen molar-refractivity contribution < 1.29 is 26.4 Å². The summed E-state index contributed by atoms with van der Waals surface area (Å²) < 4.78 is 49.0. The number of aryl methyl sites for hydroxylation is 2. The topological polar surface area (TPSA) is 134 Å². The maximum atomic E-state index is 13.3. The third kappa shape index (κ3) is 11.2. The van der Waals surface area contributed by atoms with Crippen LogP contribution in [0, 0.1) is 0 Å². The van der Waals surface area contributed by atoms with E-state index in [9.17, 15) is 26.4 Å². The summed E-state index contributed by atoms with van der Waals surface area (Å²) in [4.78, 5) is 39.4. The van der Waals surface area contributed by atoms with Crippen LogP contribution in [-0.2, 0) is 41.5 Å². The van der Waals surface area contributed by atoms with Crippen LogP contribution in [0.1, 0.15) is 45.2 Å². The number of nitrogens with zero attached hydrogens (tertiary/aromatic N) is 6. The van der Waals surface area contributed by atoms with Crippen LogP contribution in [0.4, 0.5) is 22.7 Å². The molecule has 13 nitrogen and oxygen atoms in total. The smallest absolute Gasteiger partial charge is 0.261 e. The molecule has 64 heavy (non-hydrogen) atoms. The molecule has 1 N–H and O–H groups in total. The fraction of sp³-hybridized carbons (Fsp3) is 0.435. The van der Waals surface area contributed by atoms with Crippen molar-refractivity contribution in [2.24, 2.45) is 0 Å². The van der Waals surface area contributed by atoms with Gasteiger partial charge in [0, 0.05) is 109 Å². The first kappa shape index (κ1) is 49.2. The fourth-order valence-corrected chi connectivity index (χ4v) is 10.8. The van der Waals surface area contributed by atoms with E-state index in [1.54, 1.807) is 24.3 Å². The standard InChI is InChI=1S/C23H29ClN4O3S.C22H25Cl2N3O3S.CH4/c1-17(28-11-3-4-18-16-19(24)5-10-22(18)28)23(29)27-14-12-26(13-15-27)20-6-8-21(9-7-20)32(30,31)25-2;1-16(27-10-2-3-17-15-18(23)4-9-21(17)27)22(28)26-13-11-25(12-14-26)19-5-7-20(8-6-19)31(24,29)30;/h5-10,16-17,25H,3-4,11-15H2,1-2H3;4-9,15-16H,2-3,10-14H2,1H3;1H4/t17-;16-;/m11./s1. The Balaban J connectivity index is 0.000000209. The van der Waals surface area contributed by atoms with Crippen LogP contribution in [0.2, 0.25) is 10.0 Å². The highest BCUT2D eigenvalue weighted by atomic mass is 35.7. The summed E-state index contributed by atoms with van der Waals surface area (Å²) in [6, 6.07) is 24.8. The lowest BCUT2D eigenvalue weighted by Gasteiger charge is -2.41. The predicted octanol–water partition coefficient (Wildman–Crippen LogP) is 7.13. The fourth-order valence-electron chi connectivity index (χ4n) is 8.93. The molecular weight excluding hydrogens is 917 g/mol. The van der Waals surface area contributed by atoms with Crippen LogP contribution >= 0.6 is 33.9 Å². The van der Waals surface area contributed by atoms with Crippen LogP contribution in [0.5, 0.6) is 0 Å². The number of rotatable bonds is 9. The van der Waals surface area contributed by atoms with Gasteiger partial charge in [-0.2, -0.15) is 0 Å². The summed E-state index contributed by atoms with van der Waals surface area (Å²) in [5, 5.41) is 1.46. The van der Waals surface area contributed by atoms with Gasteiger partial charge in [-0.05, 0) is 143 Å². The minimum atomic E-state index is -3.73. The number of hydrogen-bond donors (Lipinski definition) is 1. The van der Waals surface area contributed by atoms with E-state index >= 15 is 0 Å². The molecule has 4 aliphatic heterocycles. The SMILES string of the molecule is C.CNS(=O)(=O)c1ccc(N2CCN(C(=O)[C@@H](C)N3CCCc4cc(Cl)ccc43)CC2)cc1.C[C@H](C(=O)N1CCN(c2ccc(S(=O)(=O)Cl)cc2)CC1)N1CCCc2cc(Cl)ccc21. The van der Waals surface area contributed by atoms with Gasteiger partial charge in [-0.15, -0.1) is 0 Å². The number of hydrogen-bond acceptors (Lipinski definition) is 10. The molecule has 4 aliphatic rings. The van der Waals surface area contributed by atoms with Crippen molar-refractivity contribution in [1.29, 1.82) is 0 Å². The number of anilines is 4. The lowest BCUT2D eigenvalue weighted by molar-refractivity contribution is -0.133. The molecular formula is C46H58Cl3N7O6S2. The van der Waals surface area contributed by atoms with Gasteiger partial charge in [-0.1, -0.05) is 30.6 Å². The number of carbonyl (C=O) groups is 2. The average molecular weight is 976 g/mol. The number of benzene rings is 4. The highest BCUT2D eigenvalue weighted by molar-refractivity contribution is 8.13. The maximum absolute atomic E-state index is 13.3.